The van der Waals surface area contributed by atoms with Gasteiger partial charge in [0.25, 0.3) is 0 Å². The maximum atomic E-state index is 12.3. The minimum absolute atomic E-state index is 0.176. The zero-order chi connectivity index (χ0) is 18.6. The first-order valence-corrected chi connectivity index (χ1v) is 8.57. The summed E-state index contributed by atoms with van der Waals surface area (Å²) < 4.78 is 10.8. The lowest BCUT2D eigenvalue weighted by atomic mass is 10.1. The van der Waals surface area contributed by atoms with E-state index in [4.69, 9.17) is 9.15 Å². The molecule has 0 fully saturated rings. The molecule has 0 bridgehead atoms. The van der Waals surface area contributed by atoms with Crippen LogP contribution in [-0.2, 0) is 11.2 Å². The maximum absolute atomic E-state index is 12.3. The third-order valence-corrected chi connectivity index (χ3v) is 4.22. The summed E-state index contributed by atoms with van der Waals surface area (Å²) in [5.41, 5.74) is 2.12. The zero-order valence-corrected chi connectivity index (χ0v) is 14.4. The van der Waals surface area contributed by atoms with E-state index < -0.39 is 5.63 Å². The SMILES string of the molecule is O=C(Cc1ccccc1)Oc1ccc2cc(-c3ccccc3)c(=O)oc2c1. The van der Waals surface area contributed by atoms with Crippen molar-refractivity contribution in [1.29, 1.82) is 0 Å². The van der Waals surface area contributed by atoms with Crippen LogP contribution in [0.5, 0.6) is 5.75 Å². The quantitative estimate of drug-likeness (QED) is 0.304. The maximum Gasteiger partial charge on any atom is 0.344 e. The van der Waals surface area contributed by atoms with E-state index >= 15 is 0 Å². The molecule has 0 aliphatic carbocycles. The predicted octanol–water partition coefficient (Wildman–Crippen LogP) is 4.61. The summed E-state index contributed by atoms with van der Waals surface area (Å²) >= 11 is 0. The smallest absolute Gasteiger partial charge is 0.344 e. The Kier molecular flexibility index (Phi) is 4.54. The van der Waals surface area contributed by atoms with Crippen molar-refractivity contribution in [2.24, 2.45) is 0 Å². The van der Waals surface area contributed by atoms with Crippen molar-refractivity contribution in [2.45, 2.75) is 6.42 Å². The average Bonchev–Trinajstić information content (AvgIpc) is 2.69. The van der Waals surface area contributed by atoms with Crippen LogP contribution in [0.3, 0.4) is 0 Å². The Hall–Kier alpha value is -3.66. The van der Waals surface area contributed by atoms with Gasteiger partial charge in [0.2, 0.25) is 0 Å². The van der Waals surface area contributed by atoms with E-state index in [0.29, 0.717) is 16.9 Å². The average molecular weight is 356 g/mol. The summed E-state index contributed by atoms with van der Waals surface area (Å²) in [4.78, 5) is 24.4. The van der Waals surface area contributed by atoms with E-state index in [9.17, 15) is 9.59 Å². The molecule has 4 heteroatoms. The second-order valence-corrected chi connectivity index (χ2v) is 6.15. The van der Waals surface area contributed by atoms with Gasteiger partial charge in [-0.1, -0.05) is 60.7 Å². The monoisotopic (exact) mass is 356 g/mol. The number of ether oxygens (including phenoxy) is 1. The van der Waals surface area contributed by atoms with Gasteiger partial charge in [0, 0.05) is 11.5 Å². The summed E-state index contributed by atoms with van der Waals surface area (Å²) in [7, 11) is 0. The molecule has 0 N–H and O–H groups in total. The number of benzene rings is 3. The Labute approximate surface area is 155 Å². The molecule has 0 aliphatic heterocycles. The van der Waals surface area contributed by atoms with Crippen LogP contribution in [0.2, 0.25) is 0 Å². The molecular formula is C23H16O4. The van der Waals surface area contributed by atoms with E-state index in [-0.39, 0.29) is 12.4 Å². The number of carbonyl (C=O) groups excluding carboxylic acids is 1. The lowest BCUT2D eigenvalue weighted by Gasteiger charge is -2.06. The van der Waals surface area contributed by atoms with Gasteiger partial charge in [-0.3, -0.25) is 4.79 Å². The minimum atomic E-state index is -0.429. The Balaban J connectivity index is 1.59. The van der Waals surface area contributed by atoms with Gasteiger partial charge in [0.15, 0.2) is 0 Å². The number of esters is 1. The summed E-state index contributed by atoms with van der Waals surface area (Å²) in [6.45, 7) is 0. The van der Waals surface area contributed by atoms with Crippen molar-refractivity contribution < 1.29 is 13.9 Å². The standard InChI is InChI=1S/C23H16O4/c24-22(13-16-7-3-1-4-8-16)26-19-12-11-18-14-20(17-9-5-2-6-10-17)23(25)27-21(18)15-19/h1-12,14-15H,13H2. The van der Waals surface area contributed by atoms with Crippen LogP contribution in [0.1, 0.15) is 5.56 Å². The van der Waals surface area contributed by atoms with Gasteiger partial charge < -0.3 is 9.15 Å². The molecule has 3 aromatic carbocycles. The molecule has 0 saturated heterocycles. The molecule has 4 rings (SSSR count). The van der Waals surface area contributed by atoms with E-state index in [1.54, 1.807) is 24.3 Å². The van der Waals surface area contributed by atoms with Crippen molar-refractivity contribution in [1.82, 2.24) is 0 Å². The van der Waals surface area contributed by atoms with Gasteiger partial charge in [0.1, 0.15) is 11.3 Å². The fourth-order valence-electron chi connectivity index (χ4n) is 2.90. The Morgan fingerprint density at radius 3 is 2.30 bits per heavy atom. The molecule has 0 unspecified atom stereocenters. The summed E-state index contributed by atoms with van der Waals surface area (Å²) in [6.07, 6.45) is 0.176. The Morgan fingerprint density at radius 1 is 0.852 bits per heavy atom. The number of hydrogen-bond donors (Lipinski definition) is 0. The second-order valence-electron chi connectivity index (χ2n) is 6.15. The highest BCUT2D eigenvalue weighted by atomic mass is 16.5. The normalized spacial score (nSPS) is 10.7. The molecule has 1 aromatic heterocycles. The van der Waals surface area contributed by atoms with Crippen molar-refractivity contribution >= 4 is 16.9 Å². The van der Waals surface area contributed by atoms with Crippen LogP contribution in [0, 0.1) is 0 Å². The van der Waals surface area contributed by atoms with Crippen LogP contribution in [0.4, 0.5) is 0 Å². The molecule has 132 valence electrons. The summed E-state index contributed by atoms with van der Waals surface area (Å²) in [5.74, 6) is -0.0251. The van der Waals surface area contributed by atoms with Gasteiger partial charge in [-0.15, -0.1) is 0 Å². The van der Waals surface area contributed by atoms with E-state index in [2.05, 4.69) is 0 Å². The van der Waals surface area contributed by atoms with E-state index in [1.165, 1.54) is 0 Å². The third kappa shape index (κ3) is 3.80. The molecule has 0 atom stereocenters. The molecule has 27 heavy (non-hydrogen) atoms. The molecule has 0 aliphatic rings. The first kappa shape index (κ1) is 16.8. The number of carbonyl (C=O) groups is 1. The van der Waals surface area contributed by atoms with Crippen LogP contribution < -0.4 is 10.4 Å². The van der Waals surface area contributed by atoms with Crippen LogP contribution in [0.25, 0.3) is 22.1 Å². The first-order chi connectivity index (χ1) is 13.2. The molecule has 4 aromatic rings. The van der Waals surface area contributed by atoms with E-state index in [0.717, 1.165) is 16.5 Å². The first-order valence-electron chi connectivity index (χ1n) is 8.57. The van der Waals surface area contributed by atoms with E-state index in [1.807, 2.05) is 60.7 Å². The molecule has 0 radical (unpaired) electrons. The lowest BCUT2D eigenvalue weighted by molar-refractivity contribution is -0.133. The molecule has 1 heterocycles. The molecular weight excluding hydrogens is 340 g/mol. The highest BCUT2D eigenvalue weighted by Crippen LogP contribution is 2.24. The van der Waals surface area contributed by atoms with Crippen LogP contribution in [0.15, 0.2) is 94.1 Å². The van der Waals surface area contributed by atoms with Gasteiger partial charge in [-0.25, -0.2) is 4.79 Å². The highest BCUT2D eigenvalue weighted by molar-refractivity contribution is 5.84. The number of fused-ring (bicyclic) bond motifs is 1. The third-order valence-electron chi connectivity index (χ3n) is 4.22. The van der Waals surface area contributed by atoms with Crippen molar-refractivity contribution in [3.8, 4) is 16.9 Å². The largest absolute Gasteiger partial charge is 0.426 e. The predicted molar refractivity (Wildman–Crippen MR) is 104 cm³/mol. The Morgan fingerprint density at radius 2 is 1.56 bits per heavy atom. The number of rotatable bonds is 4. The van der Waals surface area contributed by atoms with Crippen molar-refractivity contribution in [3.63, 3.8) is 0 Å². The topological polar surface area (TPSA) is 56.5 Å². The highest BCUT2D eigenvalue weighted by Gasteiger charge is 2.11. The number of hydrogen-bond acceptors (Lipinski definition) is 4. The van der Waals surface area contributed by atoms with Gasteiger partial charge in [0.05, 0.1) is 12.0 Å². The van der Waals surface area contributed by atoms with Crippen LogP contribution >= 0.6 is 0 Å². The molecule has 0 spiro atoms. The second kappa shape index (κ2) is 7.30. The zero-order valence-electron chi connectivity index (χ0n) is 14.4. The van der Waals surface area contributed by atoms with Gasteiger partial charge >= 0.3 is 11.6 Å². The van der Waals surface area contributed by atoms with Crippen LogP contribution in [-0.4, -0.2) is 5.97 Å². The molecule has 0 amide bonds. The summed E-state index contributed by atoms with van der Waals surface area (Å²) in [6, 6.07) is 25.5. The summed E-state index contributed by atoms with van der Waals surface area (Å²) in [5, 5.41) is 0.760. The lowest BCUT2D eigenvalue weighted by Crippen LogP contribution is -2.11. The fourth-order valence-corrected chi connectivity index (χ4v) is 2.90. The molecule has 0 saturated carbocycles. The minimum Gasteiger partial charge on any atom is -0.426 e. The van der Waals surface area contributed by atoms with Gasteiger partial charge in [-0.05, 0) is 29.3 Å². The fraction of sp³-hybridized carbons (Fsp3) is 0.0435. The van der Waals surface area contributed by atoms with Crippen molar-refractivity contribution in [2.75, 3.05) is 0 Å². The molecule has 4 nitrogen and oxygen atoms in total. The van der Waals surface area contributed by atoms with Crippen molar-refractivity contribution in [3.05, 3.63) is 101 Å². The van der Waals surface area contributed by atoms with Gasteiger partial charge in [-0.2, -0.15) is 0 Å². The Bertz CT molecular complexity index is 1150.